The number of fused-ring (bicyclic) bond motifs is 1. The number of rotatable bonds is 6. The van der Waals surface area contributed by atoms with Crippen LogP contribution in [0.3, 0.4) is 0 Å². The van der Waals surface area contributed by atoms with E-state index in [1.165, 1.54) is 16.3 Å². The van der Waals surface area contributed by atoms with Crippen molar-refractivity contribution in [1.29, 1.82) is 0 Å². The molecule has 2 aromatic rings. The molecule has 4 heteroatoms. The second-order valence-electron chi connectivity index (χ2n) is 8.42. The minimum absolute atomic E-state index is 0.221. The first-order chi connectivity index (χ1) is 13.4. The largest absolute Gasteiger partial charge is 0.339 e. The molecular weight excluding hydrogens is 346 g/mol. The van der Waals surface area contributed by atoms with Gasteiger partial charge in [-0.2, -0.15) is 0 Å². The molecule has 1 fully saturated rings. The maximum Gasteiger partial charge on any atom is 0.232 e. The Balaban J connectivity index is 1.57. The van der Waals surface area contributed by atoms with Crippen molar-refractivity contribution in [3.8, 4) is 0 Å². The van der Waals surface area contributed by atoms with Crippen LogP contribution in [0, 0.1) is 5.41 Å². The van der Waals surface area contributed by atoms with Gasteiger partial charge in [-0.25, -0.2) is 0 Å². The summed E-state index contributed by atoms with van der Waals surface area (Å²) in [5.41, 5.74) is 0.833. The highest BCUT2D eigenvalue weighted by atomic mass is 16.2. The summed E-state index contributed by atoms with van der Waals surface area (Å²) in [6, 6.07) is 15.2. The lowest BCUT2D eigenvalue weighted by Gasteiger charge is -2.36. The third-order valence-corrected chi connectivity index (χ3v) is 5.71. The van der Waals surface area contributed by atoms with Crippen LogP contribution >= 0.6 is 0 Å². The normalized spacial score (nSPS) is 17.4. The third-order valence-electron chi connectivity index (χ3n) is 5.71. The zero-order valence-corrected chi connectivity index (χ0v) is 17.6. The third kappa shape index (κ3) is 4.81. The van der Waals surface area contributed by atoms with E-state index >= 15 is 0 Å². The van der Waals surface area contributed by atoms with Crippen molar-refractivity contribution >= 4 is 16.7 Å². The maximum atomic E-state index is 12.9. The van der Waals surface area contributed by atoms with Gasteiger partial charge in [0, 0.05) is 38.8 Å². The van der Waals surface area contributed by atoms with Gasteiger partial charge >= 0.3 is 0 Å². The Morgan fingerprint density at radius 3 is 2.54 bits per heavy atom. The number of benzene rings is 2. The lowest BCUT2D eigenvalue weighted by atomic mass is 9.90. The molecule has 0 unspecified atom stereocenters. The van der Waals surface area contributed by atoms with Crippen molar-refractivity contribution in [3.05, 3.63) is 60.2 Å². The highest BCUT2D eigenvalue weighted by Crippen LogP contribution is 2.24. The fraction of sp³-hybridized carbons (Fsp3) is 0.458. The summed E-state index contributed by atoms with van der Waals surface area (Å²) in [5.74, 6) is 0.221. The van der Waals surface area contributed by atoms with Crippen molar-refractivity contribution < 1.29 is 4.79 Å². The van der Waals surface area contributed by atoms with E-state index in [0.717, 1.165) is 32.7 Å². The van der Waals surface area contributed by atoms with Gasteiger partial charge in [-0.1, -0.05) is 54.6 Å². The molecule has 1 saturated heterocycles. The van der Waals surface area contributed by atoms with Crippen molar-refractivity contribution in [2.75, 3.05) is 39.8 Å². The molecule has 3 rings (SSSR count). The standard InChI is InChI=1S/C24H33N3O/c1-19(21-12-7-10-20-9-5-6-11-22(20)21)25-14-8-13-24(2,3)23(28)27-17-15-26(4)16-18-27/h5-13,19,25H,14-18H2,1-4H3/b13-8+/t19-/m1/s1. The van der Waals surface area contributed by atoms with Crippen molar-refractivity contribution in [1.82, 2.24) is 15.1 Å². The van der Waals surface area contributed by atoms with Crippen molar-refractivity contribution in [2.45, 2.75) is 26.8 Å². The van der Waals surface area contributed by atoms with Crippen LogP contribution in [0.1, 0.15) is 32.4 Å². The summed E-state index contributed by atoms with van der Waals surface area (Å²) < 4.78 is 0. The van der Waals surface area contributed by atoms with Crippen LogP contribution in [0.25, 0.3) is 10.8 Å². The maximum absolute atomic E-state index is 12.9. The summed E-state index contributed by atoms with van der Waals surface area (Å²) in [6.07, 6.45) is 4.14. The van der Waals surface area contributed by atoms with Gasteiger partial charge in [0.15, 0.2) is 0 Å². The van der Waals surface area contributed by atoms with Gasteiger partial charge in [0.05, 0.1) is 5.41 Å². The molecule has 1 atom stereocenters. The lowest BCUT2D eigenvalue weighted by Crippen LogP contribution is -2.50. The Bertz CT molecular complexity index is 829. The number of likely N-dealkylation sites (N-methyl/N-ethyl adjacent to an activating group) is 1. The van der Waals surface area contributed by atoms with E-state index in [-0.39, 0.29) is 11.9 Å². The van der Waals surface area contributed by atoms with Crippen LogP contribution in [0.15, 0.2) is 54.6 Å². The van der Waals surface area contributed by atoms with Crippen LogP contribution in [-0.4, -0.2) is 55.5 Å². The SMILES string of the molecule is C[C@@H](NC/C=C/C(C)(C)C(=O)N1CCN(C)CC1)c1cccc2ccccc12. The van der Waals surface area contributed by atoms with E-state index in [0.29, 0.717) is 0 Å². The molecule has 1 amide bonds. The number of nitrogens with one attached hydrogen (secondary N) is 1. The molecule has 150 valence electrons. The monoisotopic (exact) mass is 379 g/mol. The summed E-state index contributed by atoms with van der Waals surface area (Å²) in [4.78, 5) is 17.1. The summed E-state index contributed by atoms with van der Waals surface area (Å²) in [5, 5.41) is 6.13. The van der Waals surface area contributed by atoms with Gasteiger partial charge < -0.3 is 15.1 Å². The van der Waals surface area contributed by atoms with Crippen molar-refractivity contribution in [2.24, 2.45) is 5.41 Å². The van der Waals surface area contributed by atoms with E-state index in [1.54, 1.807) is 0 Å². The van der Waals surface area contributed by atoms with E-state index in [1.807, 2.05) is 18.7 Å². The fourth-order valence-electron chi connectivity index (χ4n) is 3.82. The first kappa shape index (κ1) is 20.6. The zero-order valence-electron chi connectivity index (χ0n) is 17.6. The van der Waals surface area contributed by atoms with E-state index in [9.17, 15) is 4.79 Å². The predicted molar refractivity (Wildman–Crippen MR) is 117 cm³/mol. The average Bonchev–Trinajstić information content (AvgIpc) is 2.70. The molecule has 0 spiro atoms. The number of carbonyl (C=O) groups excluding carboxylic acids is 1. The summed E-state index contributed by atoms with van der Waals surface area (Å²) >= 11 is 0. The van der Waals surface area contributed by atoms with Gasteiger partial charge in [0.2, 0.25) is 5.91 Å². The van der Waals surface area contributed by atoms with Gasteiger partial charge in [-0.15, -0.1) is 0 Å². The Morgan fingerprint density at radius 1 is 1.11 bits per heavy atom. The lowest BCUT2D eigenvalue weighted by molar-refractivity contribution is -0.139. The molecule has 0 aliphatic carbocycles. The minimum atomic E-state index is -0.472. The Hall–Kier alpha value is -2.17. The molecule has 1 heterocycles. The zero-order chi connectivity index (χ0) is 20.1. The minimum Gasteiger partial charge on any atom is -0.339 e. The first-order valence-corrected chi connectivity index (χ1v) is 10.2. The molecule has 2 aromatic carbocycles. The highest BCUT2D eigenvalue weighted by Gasteiger charge is 2.30. The van der Waals surface area contributed by atoms with Crippen LogP contribution < -0.4 is 5.32 Å². The number of carbonyl (C=O) groups is 1. The number of hydrogen-bond donors (Lipinski definition) is 1. The topological polar surface area (TPSA) is 35.6 Å². The second kappa shape index (κ2) is 8.89. The molecule has 0 bridgehead atoms. The molecule has 0 aromatic heterocycles. The molecule has 0 radical (unpaired) electrons. The van der Waals surface area contributed by atoms with Gasteiger partial charge in [0.1, 0.15) is 0 Å². The van der Waals surface area contributed by atoms with E-state index < -0.39 is 5.41 Å². The fourth-order valence-corrected chi connectivity index (χ4v) is 3.82. The number of amides is 1. The Labute approximate surface area is 169 Å². The molecule has 1 N–H and O–H groups in total. The molecule has 1 aliphatic rings. The smallest absolute Gasteiger partial charge is 0.232 e. The summed E-state index contributed by atoms with van der Waals surface area (Å²) in [6.45, 7) is 10.5. The predicted octanol–water partition coefficient (Wildman–Crippen LogP) is 3.85. The molecule has 4 nitrogen and oxygen atoms in total. The van der Waals surface area contributed by atoms with Crippen molar-refractivity contribution in [3.63, 3.8) is 0 Å². The van der Waals surface area contributed by atoms with Gasteiger partial charge in [-0.05, 0) is 44.2 Å². The number of piperazine rings is 1. The van der Waals surface area contributed by atoms with Crippen LogP contribution in [0.4, 0.5) is 0 Å². The van der Waals surface area contributed by atoms with E-state index in [4.69, 9.17) is 0 Å². The first-order valence-electron chi connectivity index (χ1n) is 10.2. The van der Waals surface area contributed by atoms with Crippen LogP contribution in [0.2, 0.25) is 0 Å². The summed E-state index contributed by atoms with van der Waals surface area (Å²) in [7, 11) is 2.11. The van der Waals surface area contributed by atoms with Crippen LogP contribution in [-0.2, 0) is 4.79 Å². The molecule has 0 saturated carbocycles. The molecular formula is C24H33N3O. The number of nitrogens with zero attached hydrogens (tertiary/aromatic N) is 2. The quantitative estimate of drug-likeness (QED) is 0.775. The Morgan fingerprint density at radius 2 is 1.79 bits per heavy atom. The van der Waals surface area contributed by atoms with E-state index in [2.05, 4.69) is 78.8 Å². The number of hydrogen-bond acceptors (Lipinski definition) is 3. The average molecular weight is 380 g/mol. The Kier molecular flexibility index (Phi) is 6.53. The highest BCUT2D eigenvalue weighted by molar-refractivity contribution is 5.86. The van der Waals surface area contributed by atoms with Crippen LogP contribution in [0.5, 0.6) is 0 Å². The molecule has 28 heavy (non-hydrogen) atoms. The van der Waals surface area contributed by atoms with Gasteiger partial charge in [0.25, 0.3) is 0 Å². The second-order valence-corrected chi connectivity index (χ2v) is 8.42. The molecule has 1 aliphatic heterocycles. The van der Waals surface area contributed by atoms with Gasteiger partial charge in [-0.3, -0.25) is 4.79 Å².